The molecule has 0 aliphatic carbocycles. The van der Waals surface area contributed by atoms with E-state index in [0.29, 0.717) is 11.1 Å². The molecule has 2 aromatic rings. The maximum Gasteiger partial charge on any atom is 0.387 e. The summed E-state index contributed by atoms with van der Waals surface area (Å²) in [6, 6.07) is 11.2. The molecule has 160 valence electrons. The van der Waals surface area contributed by atoms with Gasteiger partial charge in [-0.3, -0.25) is 0 Å². The van der Waals surface area contributed by atoms with Crippen molar-refractivity contribution in [3.63, 3.8) is 0 Å². The van der Waals surface area contributed by atoms with Crippen molar-refractivity contribution in [2.24, 2.45) is 0 Å². The van der Waals surface area contributed by atoms with Gasteiger partial charge in [-0.05, 0) is 37.1 Å². The molecular weight excluding hydrogens is 426 g/mol. The minimum atomic E-state index is -4.10. The average molecular weight is 449 g/mol. The molecule has 0 aliphatic heterocycles. The molecule has 11 heteroatoms. The normalized spacial score (nSPS) is 12.5. The van der Waals surface area contributed by atoms with Crippen LogP contribution in [0.2, 0.25) is 0 Å². The number of hydrogen-bond donors (Lipinski definition) is 2. The molecular formula is C18H22F2N2O5S2. The second kappa shape index (κ2) is 9.61. The summed E-state index contributed by atoms with van der Waals surface area (Å²) in [5.74, 6) is -0.650. The van der Waals surface area contributed by atoms with E-state index in [2.05, 4.69) is 14.2 Å². The molecule has 0 amide bonds. The Kier molecular flexibility index (Phi) is 7.69. The number of hydrogen-bond acceptors (Lipinski definition) is 5. The van der Waals surface area contributed by atoms with Gasteiger partial charge in [0.1, 0.15) is 10.6 Å². The molecule has 0 radical (unpaired) electrons. The molecule has 2 rings (SSSR count). The Hall–Kier alpha value is -2.08. The van der Waals surface area contributed by atoms with Gasteiger partial charge < -0.3 is 4.74 Å². The van der Waals surface area contributed by atoms with Gasteiger partial charge in [0, 0.05) is 12.6 Å². The van der Waals surface area contributed by atoms with Crippen LogP contribution in [-0.2, 0) is 32.3 Å². The van der Waals surface area contributed by atoms with Gasteiger partial charge in [-0.25, -0.2) is 26.3 Å². The molecule has 0 saturated carbocycles. The van der Waals surface area contributed by atoms with Crippen LogP contribution < -0.4 is 14.2 Å². The smallest absolute Gasteiger partial charge is 0.387 e. The Balaban J connectivity index is 2.06. The van der Waals surface area contributed by atoms with Gasteiger partial charge in [0.2, 0.25) is 20.0 Å². The van der Waals surface area contributed by atoms with Gasteiger partial charge in [0.15, 0.2) is 0 Å². The third-order valence-corrected chi connectivity index (χ3v) is 6.60. The molecule has 0 heterocycles. The van der Waals surface area contributed by atoms with Crippen LogP contribution in [0.3, 0.4) is 0 Å². The topological polar surface area (TPSA) is 102 Å². The Bertz CT molecular complexity index is 1020. The number of para-hydroxylation sites is 1. The standard InChI is InChI=1S/C18H22F2N2O5S2/c1-13(2)22-28(23,24)12-15-9-7-14(8-10-15)11-21-29(25,26)17-6-4-3-5-16(17)27-18(19)20/h3-10,13,18,21-22H,11-12H2,1-2H3. The summed E-state index contributed by atoms with van der Waals surface area (Å²) in [7, 11) is -7.57. The quantitative estimate of drug-likeness (QED) is 0.582. The second-order valence-electron chi connectivity index (χ2n) is 6.50. The van der Waals surface area contributed by atoms with E-state index in [1.807, 2.05) is 0 Å². The lowest BCUT2D eigenvalue weighted by molar-refractivity contribution is -0.0517. The van der Waals surface area contributed by atoms with Crippen molar-refractivity contribution in [3.05, 3.63) is 59.7 Å². The van der Waals surface area contributed by atoms with Gasteiger partial charge in [0.05, 0.1) is 5.75 Å². The first-order valence-corrected chi connectivity index (χ1v) is 11.7. The molecule has 0 saturated heterocycles. The van der Waals surface area contributed by atoms with E-state index in [-0.39, 0.29) is 18.3 Å². The monoisotopic (exact) mass is 448 g/mol. The van der Waals surface area contributed by atoms with Gasteiger partial charge in [0.25, 0.3) is 0 Å². The van der Waals surface area contributed by atoms with Crippen molar-refractivity contribution in [2.45, 2.75) is 43.7 Å². The summed E-state index contributed by atoms with van der Waals surface area (Å²) in [6.07, 6.45) is 0. The first-order valence-electron chi connectivity index (χ1n) is 8.60. The summed E-state index contributed by atoms with van der Waals surface area (Å²) in [4.78, 5) is -0.400. The fourth-order valence-electron chi connectivity index (χ4n) is 2.50. The highest BCUT2D eigenvalue weighted by Gasteiger charge is 2.21. The maximum absolute atomic E-state index is 12.5. The largest absolute Gasteiger partial charge is 0.433 e. The Morgan fingerprint density at radius 1 is 0.931 bits per heavy atom. The minimum absolute atomic E-state index is 0.109. The molecule has 0 atom stereocenters. The van der Waals surface area contributed by atoms with Crippen LogP contribution in [0.4, 0.5) is 8.78 Å². The third kappa shape index (κ3) is 7.35. The number of benzene rings is 2. The molecule has 0 bridgehead atoms. The van der Waals surface area contributed by atoms with Gasteiger partial charge in [-0.1, -0.05) is 36.4 Å². The molecule has 2 aromatic carbocycles. The van der Waals surface area contributed by atoms with Crippen molar-refractivity contribution < 1.29 is 30.4 Å². The van der Waals surface area contributed by atoms with E-state index in [4.69, 9.17) is 0 Å². The highest BCUT2D eigenvalue weighted by molar-refractivity contribution is 7.89. The zero-order chi connectivity index (χ0) is 21.7. The van der Waals surface area contributed by atoms with Crippen LogP contribution in [0.1, 0.15) is 25.0 Å². The fraction of sp³-hybridized carbons (Fsp3) is 0.333. The van der Waals surface area contributed by atoms with Crippen molar-refractivity contribution in [3.8, 4) is 5.75 Å². The lowest BCUT2D eigenvalue weighted by Crippen LogP contribution is -2.31. The first kappa shape index (κ1) is 23.2. The number of sulfonamides is 2. The maximum atomic E-state index is 12.5. The SMILES string of the molecule is CC(C)NS(=O)(=O)Cc1ccc(CNS(=O)(=O)c2ccccc2OC(F)F)cc1. The lowest BCUT2D eigenvalue weighted by Gasteiger charge is -2.12. The molecule has 0 aliphatic rings. The zero-order valence-electron chi connectivity index (χ0n) is 15.8. The Morgan fingerprint density at radius 2 is 1.52 bits per heavy atom. The predicted octanol–water partition coefficient (Wildman–Crippen LogP) is 2.59. The van der Waals surface area contributed by atoms with E-state index in [1.54, 1.807) is 38.1 Å². The molecule has 7 nitrogen and oxygen atoms in total. The van der Waals surface area contributed by atoms with Crippen molar-refractivity contribution in [2.75, 3.05) is 0 Å². The third-order valence-electron chi connectivity index (χ3n) is 3.62. The number of rotatable bonds is 10. The van der Waals surface area contributed by atoms with E-state index >= 15 is 0 Å². The Morgan fingerprint density at radius 3 is 2.10 bits per heavy atom. The summed E-state index contributed by atoms with van der Waals surface area (Å²) in [6.45, 7) is 0.178. The summed E-state index contributed by atoms with van der Waals surface area (Å²) >= 11 is 0. The molecule has 0 fully saturated rings. The average Bonchev–Trinajstić information content (AvgIpc) is 2.59. The van der Waals surface area contributed by atoms with Crippen LogP contribution >= 0.6 is 0 Å². The minimum Gasteiger partial charge on any atom is -0.433 e. The van der Waals surface area contributed by atoms with Crippen molar-refractivity contribution in [1.29, 1.82) is 0 Å². The highest BCUT2D eigenvalue weighted by atomic mass is 32.2. The van der Waals surface area contributed by atoms with Gasteiger partial charge in [-0.2, -0.15) is 8.78 Å². The summed E-state index contributed by atoms with van der Waals surface area (Å²) in [5, 5.41) is 0. The highest BCUT2D eigenvalue weighted by Crippen LogP contribution is 2.25. The molecule has 0 aromatic heterocycles. The number of ether oxygens (including phenoxy) is 1. The van der Waals surface area contributed by atoms with Crippen molar-refractivity contribution in [1.82, 2.24) is 9.44 Å². The number of nitrogens with one attached hydrogen (secondary N) is 2. The van der Waals surface area contributed by atoms with Crippen molar-refractivity contribution >= 4 is 20.0 Å². The second-order valence-corrected chi connectivity index (χ2v) is 9.99. The first-order chi connectivity index (χ1) is 13.5. The van der Waals surface area contributed by atoms with Crippen LogP contribution in [-0.4, -0.2) is 29.5 Å². The van der Waals surface area contributed by atoms with Crippen LogP contribution in [0.25, 0.3) is 0 Å². The van der Waals surface area contributed by atoms with E-state index in [0.717, 1.165) is 12.1 Å². The molecule has 0 spiro atoms. The lowest BCUT2D eigenvalue weighted by atomic mass is 10.1. The van der Waals surface area contributed by atoms with E-state index in [9.17, 15) is 25.6 Å². The Labute approximate surface area is 169 Å². The van der Waals surface area contributed by atoms with Crippen LogP contribution in [0.5, 0.6) is 5.75 Å². The van der Waals surface area contributed by atoms with E-state index in [1.165, 1.54) is 12.1 Å². The molecule has 29 heavy (non-hydrogen) atoms. The van der Waals surface area contributed by atoms with Gasteiger partial charge >= 0.3 is 6.61 Å². The molecule has 2 N–H and O–H groups in total. The molecule has 0 unspecified atom stereocenters. The van der Waals surface area contributed by atoms with Gasteiger partial charge in [-0.15, -0.1) is 0 Å². The summed E-state index contributed by atoms with van der Waals surface area (Å²) in [5.41, 5.74) is 1.11. The number of halogens is 2. The number of alkyl halides is 2. The van der Waals surface area contributed by atoms with E-state index < -0.39 is 37.3 Å². The predicted molar refractivity (Wildman–Crippen MR) is 104 cm³/mol. The fourth-order valence-corrected chi connectivity index (χ4v) is 5.08. The summed E-state index contributed by atoms with van der Waals surface area (Å²) < 4.78 is 82.8. The van der Waals surface area contributed by atoms with Crippen LogP contribution in [0.15, 0.2) is 53.4 Å². The zero-order valence-corrected chi connectivity index (χ0v) is 17.4. The van der Waals surface area contributed by atoms with Crippen LogP contribution in [0, 0.1) is 0 Å².